The van der Waals surface area contributed by atoms with Crippen LogP contribution in [0.15, 0.2) is 36.5 Å². The Kier molecular flexibility index (Phi) is 7.05. The molecule has 1 aromatic heterocycles. The summed E-state index contributed by atoms with van der Waals surface area (Å²) in [4.78, 5) is 27.6. The number of hydrogen-bond acceptors (Lipinski definition) is 5. The number of benzene rings is 1. The van der Waals surface area contributed by atoms with Gasteiger partial charge in [0.15, 0.2) is 0 Å². The van der Waals surface area contributed by atoms with Gasteiger partial charge in [-0.15, -0.1) is 0 Å². The van der Waals surface area contributed by atoms with Gasteiger partial charge in [0.2, 0.25) is 11.8 Å². The first kappa shape index (κ1) is 19.8. The minimum atomic E-state index is -3.99. The van der Waals surface area contributed by atoms with E-state index in [2.05, 4.69) is 10.3 Å². The number of carbonyl (C=O) groups is 2. The van der Waals surface area contributed by atoms with Gasteiger partial charge in [-0.1, -0.05) is 31.0 Å². The number of hydrogen-bond donors (Lipinski definition) is 3. The molecular weight excluding hydrogens is 356 g/mol. The molecule has 26 heavy (non-hydrogen) atoms. The quantitative estimate of drug-likeness (QED) is 0.573. The summed E-state index contributed by atoms with van der Waals surface area (Å²) in [6, 6.07) is 9.40. The average molecular weight is 378 g/mol. The number of anilines is 1. The standard InChI is InChI=1S/C17H22N4O4S/c18-26(24,25)21-16(23)11-4-2-1-3-10-15(22)20-14-9-5-7-13-8-6-12-19-17(13)14/h5-9,12H,1-4,10-11H2,(H,20,22)(H,21,23)(H2,18,24,25). The number of nitrogens with one attached hydrogen (secondary N) is 2. The first-order valence-electron chi connectivity index (χ1n) is 8.32. The van der Waals surface area contributed by atoms with Crippen molar-refractivity contribution >= 4 is 38.6 Å². The topological polar surface area (TPSA) is 131 Å². The molecule has 0 bridgehead atoms. The molecule has 1 heterocycles. The van der Waals surface area contributed by atoms with Gasteiger partial charge in [0.05, 0.1) is 11.2 Å². The summed E-state index contributed by atoms with van der Waals surface area (Å²) in [7, 11) is -3.99. The Labute approximate surface area is 152 Å². The summed E-state index contributed by atoms with van der Waals surface area (Å²) >= 11 is 0. The van der Waals surface area contributed by atoms with Gasteiger partial charge < -0.3 is 5.32 Å². The van der Waals surface area contributed by atoms with E-state index >= 15 is 0 Å². The fraction of sp³-hybridized carbons (Fsp3) is 0.353. The van der Waals surface area contributed by atoms with Crippen LogP contribution in [-0.4, -0.2) is 25.2 Å². The van der Waals surface area contributed by atoms with Crippen LogP contribution in [0.3, 0.4) is 0 Å². The van der Waals surface area contributed by atoms with Crippen LogP contribution in [0.2, 0.25) is 0 Å². The molecule has 0 spiro atoms. The molecule has 0 unspecified atom stereocenters. The summed E-state index contributed by atoms with van der Waals surface area (Å²) in [6.07, 6.45) is 4.85. The molecule has 0 saturated heterocycles. The number of unbranched alkanes of at least 4 members (excludes halogenated alkanes) is 3. The lowest BCUT2D eigenvalue weighted by molar-refractivity contribution is -0.119. The third-order valence-corrected chi connectivity index (χ3v) is 4.23. The van der Waals surface area contributed by atoms with E-state index in [1.165, 1.54) is 0 Å². The highest BCUT2D eigenvalue weighted by atomic mass is 32.2. The van der Waals surface area contributed by atoms with Crippen LogP contribution >= 0.6 is 0 Å². The second kappa shape index (κ2) is 9.25. The second-order valence-electron chi connectivity index (χ2n) is 5.91. The Bertz CT molecular complexity index is 878. The highest BCUT2D eigenvalue weighted by Crippen LogP contribution is 2.21. The molecular formula is C17H22N4O4S. The summed E-state index contributed by atoms with van der Waals surface area (Å²) in [6.45, 7) is 0. The molecule has 2 aromatic rings. The van der Waals surface area contributed by atoms with Crippen LogP contribution in [0.4, 0.5) is 5.69 Å². The Morgan fingerprint density at radius 1 is 0.962 bits per heavy atom. The largest absolute Gasteiger partial charge is 0.324 e. The maximum Gasteiger partial charge on any atom is 0.298 e. The molecule has 4 N–H and O–H groups in total. The van der Waals surface area contributed by atoms with E-state index in [0.717, 1.165) is 23.7 Å². The molecule has 0 aliphatic heterocycles. The summed E-state index contributed by atoms with van der Waals surface area (Å²) < 4.78 is 23.1. The highest BCUT2D eigenvalue weighted by Gasteiger charge is 2.09. The lowest BCUT2D eigenvalue weighted by atomic mass is 10.1. The Morgan fingerprint density at radius 3 is 2.31 bits per heavy atom. The van der Waals surface area contributed by atoms with E-state index < -0.39 is 16.1 Å². The smallest absolute Gasteiger partial charge is 0.298 e. The Hall–Kier alpha value is -2.52. The Morgan fingerprint density at radius 2 is 1.62 bits per heavy atom. The number of para-hydroxylation sites is 1. The first-order chi connectivity index (χ1) is 12.3. The van der Waals surface area contributed by atoms with Gasteiger partial charge in [-0.2, -0.15) is 8.42 Å². The van der Waals surface area contributed by atoms with Crippen LogP contribution in [0.5, 0.6) is 0 Å². The van der Waals surface area contributed by atoms with E-state index in [1.54, 1.807) is 10.9 Å². The van der Waals surface area contributed by atoms with Crippen LogP contribution in [-0.2, 0) is 19.8 Å². The van der Waals surface area contributed by atoms with Crippen LogP contribution < -0.4 is 15.2 Å². The predicted molar refractivity (Wildman–Crippen MR) is 99.3 cm³/mol. The summed E-state index contributed by atoms with van der Waals surface area (Å²) in [5.41, 5.74) is 1.44. The third kappa shape index (κ3) is 6.77. The maximum atomic E-state index is 12.1. The number of carbonyl (C=O) groups excluding carboxylic acids is 2. The molecule has 0 aliphatic carbocycles. The fourth-order valence-corrected chi connectivity index (χ4v) is 2.97. The number of amides is 2. The van der Waals surface area contributed by atoms with Crippen molar-refractivity contribution in [2.24, 2.45) is 5.14 Å². The van der Waals surface area contributed by atoms with Crippen molar-refractivity contribution in [1.29, 1.82) is 0 Å². The molecule has 0 radical (unpaired) electrons. The van der Waals surface area contributed by atoms with Crippen molar-refractivity contribution in [3.8, 4) is 0 Å². The molecule has 0 saturated carbocycles. The van der Waals surface area contributed by atoms with E-state index in [9.17, 15) is 18.0 Å². The van der Waals surface area contributed by atoms with E-state index in [1.807, 2.05) is 30.3 Å². The molecule has 0 atom stereocenters. The van der Waals surface area contributed by atoms with Crippen molar-refractivity contribution in [3.05, 3.63) is 36.5 Å². The van der Waals surface area contributed by atoms with Gasteiger partial charge in [0.25, 0.3) is 10.2 Å². The molecule has 0 fully saturated rings. The fourth-order valence-electron chi connectivity index (χ4n) is 2.55. The van der Waals surface area contributed by atoms with Crippen molar-refractivity contribution in [2.45, 2.75) is 38.5 Å². The van der Waals surface area contributed by atoms with Gasteiger partial charge >= 0.3 is 0 Å². The molecule has 2 rings (SSSR count). The van der Waals surface area contributed by atoms with Gasteiger partial charge in [0.1, 0.15) is 0 Å². The number of nitrogens with zero attached hydrogens (tertiary/aromatic N) is 1. The molecule has 1 aromatic carbocycles. The number of nitrogens with two attached hydrogens (primary N) is 1. The number of rotatable bonds is 9. The maximum absolute atomic E-state index is 12.1. The van der Waals surface area contributed by atoms with Crippen molar-refractivity contribution in [3.63, 3.8) is 0 Å². The van der Waals surface area contributed by atoms with Gasteiger partial charge in [0, 0.05) is 24.4 Å². The SMILES string of the molecule is NS(=O)(=O)NC(=O)CCCCCCC(=O)Nc1cccc2cccnc12. The van der Waals surface area contributed by atoms with Gasteiger partial charge in [-0.25, -0.2) is 9.86 Å². The Balaban J connectivity index is 1.67. The van der Waals surface area contributed by atoms with Crippen molar-refractivity contribution in [1.82, 2.24) is 9.71 Å². The average Bonchev–Trinajstić information content (AvgIpc) is 2.57. The zero-order chi connectivity index (χ0) is 19.0. The number of pyridine rings is 1. The van der Waals surface area contributed by atoms with Crippen molar-refractivity contribution in [2.75, 3.05) is 5.32 Å². The van der Waals surface area contributed by atoms with E-state index in [-0.39, 0.29) is 12.3 Å². The van der Waals surface area contributed by atoms with E-state index in [4.69, 9.17) is 5.14 Å². The summed E-state index contributed by atoms with van der Waals surface area (Å²) in [5.74, 6) is -0.705. The molecule has 140 valence electrons. The third-order valence-electron chi connectivity index (χ3n) is 3.72. The predicted octanol–water partition coefficient (Wildman–Crippen LogP) is 1.83. The van der Waals surface area contributed by atoms with Crippen molar-refractivity contribution < 1.29 is 18.0 Å². The molecule has 8 nitrogen and oxygen atoms in total. The lowest BCUT2D eigenvalue weighted by Crippen LogP contribution is -2.35. The zero-order valence-corrected chi connectivity index (χ0v) is 15.1. The van der Waals surface area contributed by atoms with Gasteiger partial charge in [-0.05, 0) is 25.0 Å². The molecule has 0 aliphatic rings. The lowest BCUT2D eigenvalue weighted by Gasteiger charge is -2.08. The van der Waals surface area contributed by atoms with E-state index in [0.29, 0.717) is 24.9 Å². The number of fused-ring (bicyclic) bond motifs is 1. The normalized spacial score (nSPS) is 11.3. The monoisotopic (exact) mass is 378 g/mol. The molecule has 9 heteroatoms. The van der Waals surface area contributed by atoms with Crippen LogP contribution in [0, 0.1) is 0 Å². The first-order valence-corrected chi connectivity index (χ1v) is 9.87. The minimum Gasteiger partial charge on any atom is -0.324 e. The highest BCUT2D eigenvalue weighted by molar-refractivity contribution is 7.87. The minimum absolute atomic E-state index is 0.0876. The second-order valence-corrected chi connectivity index (χ2v) is 7.21. The van der Waals surface area contributed by atoms with Crippen LogP contribution in [0.1, 0.15) is 38.5 Å². The molecule has 2 amide bonds. The zero-order valence-electron chi connectivity index (χ0n) is 14.3. The number of aromatic nitrogens is 1. The van der Waals surface area contributed by atoms with Crippen LogP contribution in [0.25, 0.3) is 10.9 Å². The summed E-state index contributed by atoms with van der Waals surface area (Å²) in [5, 5.41) is 8.55. The van der Waals surface area contributed by atoms with Gasteiger partial charge in [-0.3, -0.25) is 14.6 Å².